The maximum atomic E-state index is 9.38. The van der Waals surface area contributed by atoms with Crippen molar-refractivity contribution >= 4 is 34.1 Å². The van der Waals surface area contributed by atoms with E-state index in [0.29, 0.717) is 23.1 Å². The first-order valence-electron chi connectivity index (χ1n) is 8.48. The second-order valence-corrected chi connectivity index (χ2v) is 6.98. The molecule has 132 valence electrons. The van der Waals surface area contributed by atoms with Crippen molar-refractivity contribution in [1.82, 2.24) is 9.88 Å². The minimum Gasteiger partial charge on any atom is -0.395 e. The lowest BCUT2D eigenvalue weighted by atomic mass is 10.1. The van der Waals surface area contributed by atoms with Crippen LogP contribution in [0.2, 0.25) is 10.0 Å². The van der Waals surface area contributed by atoms with Crippen molar-refractivity contribution in [2.24, 2.45) is 0 Å². The average molecular weight is 377 g/mol. The Labute approximate surface area is 158 Å². The third kappa shape index (κ3) is 4.01. The van der Waals surface area contributed by atoms with Crippen molar-refractivity contribution in [3.63, 3.8) is 0 Å². The van der Waals surface area contributed by atoms with Crippen LogP contribution in [0.25, 0.3) is 10.9 Å². The number of nitrogens with zero attached hydrogens (tertiary/aromatic N) is 1. The van der Waals surface area contributed by atoms with Crippen LogP contribution in [0.4, 0.5) is 0 Å². The molecule has 0 spiro atoms. The van der Waals surface area contributed by atoms with Crippen molar-refractivity contribution < 1.29 is 5.11 Å². The standard InChI is InChI=1S/C20H22Cl2N2O/c1-2-15(13-25)23-10-14-11-24(20-9-4-3-6-16(14)20)12-17-18(21)7-5-8-19(17)22/h3-9,11,15,23,25H,2,10,12-13H2,1H3/t15-/m1/s1. The first-order valence-corrected chi connectivity index (χ1v) is 9.23. The van der Waals surface area contributed by atoms with Gasteiger partial charge in [-0.15, -0.1) is 0 Å². The van der Waals surface area contributed by atoms with Gasteiger partial charge in [-0.2, -0.15) is 0 Å². The molecule has 2 N–H and O–H groups in total. The molecule has 1 heterocycles. The van der Waals surface area contributed by atoms with Crippen molar-refractivity contribution in [1.29, 1.82) is 0 Å². The van der Waals surface area contributed by atoms with E-state index in [1.165, 1.54) is 10.9 Å². The Hall–Kier alpha value is -1.52. The van der Waals surface area contributed by atoms with E-state index in [4.69, 9.17) is 23.2 Å². The smallest absolute Gasteiger partial charge is 0.0584 e. The molecule has 0 fully saturated rings. The van der Waals surface area contributed by atoms with E-state index in [1.54, 1.807) is 0 Å². The highest BCUT2D eigenvalue weighted by molar-refractivity contribution is 6.36. The lowest BCUT2D eigenvalue weighted by molar-refractivity contribution is 0.238. The van der Waals surface area contributed by atoms with Crippen molar-refractivity contribution in [3.05, 3.63) is 69.8 Å². The van der Waals surface area contributed by atoms with E-state index >= 15 is 0 Å². The number of rotatable bonds is 7. The minimum absolute atomic E-state index is 0.111. The molecule has 0 radical (unpaired) electrons. The summed E-state index contributed by atoms with van der Waals surface area (Å²) < 4.78 is 2.18. The fraction of sp³-hybridized carbons (Fsp3) is 0.300. The van der Waals surface area contributed by atoms with Crippen molar-refractivity contribution in [2.45, 2.75) is 32.5 Å². The van der Waals surface area contributed by atoms with Crippen LogP contribution in [0.3, 0.4) is 0 Å². The summed E-state index contributed by atoms with van der Waals surface area (Å²) in [6, 6.07) is 14.0. The van der Waals surface area contributed by atoms with Crippen LogP contribution in [-0.2, 0) is 13.1 Å². The van der Waals surface area contributed by atoms with Gasteiger partial charge in [0.2, 0.25) is 0 Å². The first-order chi connectivity index (χ1) is 12.1. The molecule has 0 saturated carbocycles. The summed E-state index contributed by atoms with van der Waals surface area (Å²) in [5.74, 6) is 0. The number of nitrogens with one attached hydrogen (secondary N) is 1. The number of benzene rings is 2. The van der Waals surface area contributed by atoms with Gasteiger partial charge in [0.25, 0.3) is 0 Å². The normalized spacial score (nSPS) is 12.6. The fourth-order valence-corrected chi connectivity index (χ4v) is 3.56. The topological polar surface area (TPSA) is 37.2 Å². The zero-order chi connectivity index (χ0) is 17.8. The Morgan fingerprint density at radius 1 is 1.08 bits per heavy atom. The highest BCUT2D eigenvalue weighted by Gasteiger charge is 2.13. The molecule has 0 saturated heterocycles. The summed E-state index contributed by atoms with van der Waals surface area (Å²) in [6.07, 6.45) is 3.03. The molecule has 3 aromatic rings. The second kappa shape index (κ2) is 8.24. The Balaban J connectivity index is 1.94. The molecule has 1 atom stereocenters. The molecule has 0 bridgehead atoms. The minimum atomic E-state index is 0.111. The Morgan fingerprint density at radius 3 is 2.48 bits per heavy atom. The van der Waals surface area contributed by atoms with E-state index in [0.717, 1.165) is 17.5 Å². The number of hydrogen-bond donors (Lipinski definition) is 2. The van der Waals surface area contributed by atoms with Crippen LogP contribution in [0.1, 0.15) is 24.5 Å². The summed E-state index contributed by atoms with van der Waals surface area (Å²) in [6.45, 7) is 3.54. The zero-order valence-corrected chi connectivity index (χ0v) is 15.7. The number of aliphatic hydroxyl groups excluding tert-OH is 1. The van der Waals surface area contributed by atoms with E-state index in [-0.39, 0.29) is 12.6 Å². The average Bonchev–Trinajstić information content (AvgIpc) is 2.97. The first kappa shape index (κ1) is 18.3. The summed E-state index contributed by atoms with van der Waals surface area (Å²) in [4.78, 5) is 0. The molecule has 3 rings (SSSR count). The van der Waals surface area contributed by atoms with Crippen LogP contribution in [0.5, 0.6) is 0 Å². The van der Waals surface area contributed by atoms with Crippen LogP contribution < -0.4 is 5.32 Å². The van der Waals surface area contributed by atoms with E-state index in [2.05, 4.69) is 35.1 Å². The monoisotopic (exact) mass is 376 g/mol. The maximum absolute atomic E-state index is 9.38. The van der Waals surface area contributed by atoms with Crippen LogP contribution in [0.15, 0.2) is 48.7 Å². The van der Waals surface area contributed by atoms with Crippen LogP contribution >= 0.6 is 23.2 Å². The molecular formula is C20H22Cl2N2O. The van der Waals surface area contributed by atoms with E-state index in [1.807, 2.05) is 30.3 Å². The largest absolute Gasteiger partial charge is 0.395 e. The van der Waals surface area contributed by atoms with Crippen molar-refractivity contribution in [2.75, 3.05) is 6.61 Å². The second-order valence-electron chi connectivity index (χ2n) is 6.17. The molecule has 0 aliphatic heterocycles. The number of halogens is 2. The van der Waals surface area contributed by atoms with Crippen molar-refractivity contribution in [3.8, 4) is 0 Å². The predicted molar refractivity (Wildman–Crippen MR) is 106 cm³/mol. The van der Waals surface area contributed by atoms with Gasteiger partial charge in [-0.1, -0.05) is 54.4 Å². The third-order valence-corrected chi connectivity index (χ3v) is 5.26. The SMILES string of the molecule is CC[C@H](CO)NCc1cn(Cc2c(Cl)cccc2Cl)c2ccccc12. The molecule has 0 aliphatic carbocycles. The van der Waals surface area contributed by atoms with Gasteiger partial charge in [-0.25, -0.2) is 0 Å². The molecular weight excluding hydrogens is 355 g/mol. The number of hydrogen-bond acceptors (Lipinski definition) is 2. The van der Waals surface area contributed by atoms with Gasteiger partial charge in [0, 0.05) is 45.3 Å². The Kier molecular flexibility index (Phi) is 6.02. The van der Waals surface area contributed by atoms with Gasteiger partial charge in [-0.05, 0) is 30.2 Å². The Bertz CT molecular complexity index is 836. The van der Waals surface area contributed by atoms with E-state index < -0.39 is 0 Å². The molecule has 0 amide bonds. The quantitative estimate of drug-likeness (QED) is 0.617. The highest BCUT2D eigenvalue weighted by Crippen LogP contribution is 2.28. The maximum Gasteiger partial charge on any atom is 0.0584 e. The van der Waals surface area contributed by atoms with Gasteiger partial charge in [-0.3, -0.25) is 0 Å². The van der Waals surface area contributed by atoms with Gasteiger partial charge in [0.15, 0.2) is 0 Å². The number of fused-ring (bicyclic) bond motifs is 1. The van der Waals surface area contributed by atoms with E-state index in [9.17, 15) is 5.11 Å². The molecule has 0 aliphatic rings. The molecule has 25 heavy (non-hydrogen) atoms. The number of para-hydroxylation sites is 1. The van der Waals surface area contributed by atoms with Gasteiger partial charge in [0.1, 0.15) is 0 Å². The summed E-state index contributed by atoms with van der Waals surface area (Å²) in [7, 11) is 0. The van der Waals surface area contributed by atoms with Gasteiger partial charge >= 0.3 is 0 Å². The molecule has 0 unspecified atom stereocenters. The number of aliphatic hydroxyl groups is 1. The number of aromatic nitrogens is 1. The Morgan fingerprint density at radius 2 is 1.80 bits per heavy atom. The summed E-state index contributed by atoms with van der Waals surface area (Å²) >= 11 is 12.7. The molecule has 1 aromatic heterocycles. The summed E-state index contributed by atoms with van der Waals surface area (Å²) in [5.41, 5.74) is 3.27. The summed E-state index contributed by atoms with van der Waals surface area (Å²) in [5, 5.41) is 15.3. The molecule has 5 heteroatoms. The highest BCUT2D eigenvalue weighted by atomic mass is 35.5. The zero-order valence-electron chi connectivity index (χ0n) is 14.2. The molecule has 2 aromatic carbocycles. The van der Waals surface area contributed by atoms with Gasteiger partial charge < -0.3 is 15.0 Å². The van der Waals surface area contributed by atoms with Gasteiger partial charge in [0.05, 0.1) is 13.2 Å². The molecule has 3 nitrogen and oxygen atoms in total. The third-order valence-electron chi connectivity index (χ3n) is 4.56. The van der Waals surface area contributed by atoms with Crippen LogP contribution in [-0.4, -0.2) is 22.3 Å². The van der Waals surface area contributed by atoms with Crippen LogP contribution in [0, 0.1) is 0 Å². The fourth-order valence-electron chi connectivity index (χ4n) is 3.04. The lowest BCUT2D eigenvalue weighted by Crippen LogP contribution is -2.31. The predicted octanol–water partition coefficient (Wildman–Crippen LogP) is 4.86. The lowest BCUT2D eigenvalue weighted by Gasteiger charge is -2.13.